The fourth-order valence-corrected chi connectivity index (χ4v) is 3.08. The zero-order valence-corrected chi connectivity index (χ0v) is 11.2. The monoisotopic (exact) mass is 263 g/mol. The van der Waals surface area contributed by atoms with Crippen molar-refractivity contribution < 1.29 is 9.94 Å². The van der Waals surface area contributed by atoms with Gasteiger partial charge in [0.05, 0.1) is 5.69 Å². The molecule has 0 bridgehead atoms. The van der Waals surface area contributed by atoms with E-state index < -0.39 is 0 Å². The largest absolute Gasteiger partial charge is 0.461 e. The summed E-state index contributed by atoms with van der Waals surface area (Å²) in [5, 5.41) is 12.5. The lowest BCUT2D eigenvalue weighted by Crippen LogP contribution is -2.26. The van der Waals surface area contributed by atoms with E-state index in [1.807, 2.05) is 0 Å². The average Bonchev–Trinajstić information content (AvgIpc) is 2.47. The third-order valence-electron chi connectivity index (χ3n) is 4.12. The molecule has 0 unspecified atom stereocenters. The first kappa shape index (κ1) is 12.5. The number of ether oxygens (including phenoxy) is 1. The molecule has 0 aliphatic heterocycles. The van der Waals surface area contributed by atoms with Crippen molar-refractivity contribution in [1.29, 1.82) is 0 Å². The summed E-state index contributed by atoms with van der Waals surface area (Å²) in [5.74, 6) is 0. The highest BCUT2D eigenvalue weighted by Gasteiger charge is 2.19. The zero-order valence-electron chi connectivity index (χ0n) is 11.2. The Kier molecular flexibility index (Phi) is 3.71. The third kappa shape index (κ3) is 2.74. The maximum absolute atomic E-state index is 9.13. The van der Waals surface area contributed by atoms with Crippen LogP contribution >= 0.6 is 0 Å². The zero-order chi connectivity index (χ0) is 13.1. The van der Waals surface area contributed by atoms with E-state index in [9.17, 15) is 0 Å². The number of fused-ring (bicyclic) bond motifs is 1. The van der Waals surface area contributed by atoms with Gasteiger partial charge in [-0.3, -0.25) is 4.98 Å². The van der Waals surface area contributed by atoms with Gasteiger partial charge in [0.2, 0.25) is 0 Å². The summed E-state index contributed by atoms with van der Waals surface area (Å²) in [5.41, 5.74) is 2.60. The molecule has 0 saturated heterocycles. The minimum atomic E-state index is 0.255. The third-order valence-corrected chi connectivity index (χ3v) is 4.12. The minimum Gasteiger partial charge on any atom is -0.461 e. The van der Waals surface area contributed by atoms with E-state index in [4.69, 9.17) is 9.94 Å². The highest BCUT2D eigenvalue weighted by atomic mass is 16.5. The Balaban J connectivity index is 1.85. The van der Waals surface area contributed by atoms with Crippen LogP contribution in [0.3, 0.4) is 0 Å². The van der Waals surface area contributed by atoms with E-state index in [2.05, 4.69) is 15.1 Å². The predicted octanol–water partition coefficient (Wildman–Crippen LogP) is 2.29. The summed E-state index contributed by atoms with van der Waals surface area (Å²) >= 11 is 0. The Bertz CT molecular complexity index is 504. The first-order valence-corrected chi connectivity index (χ1v) is 7.33. The fourth-order valence-electron chi connectivity index (χ4n) is 3.08. The van der Waals surface area contributed by atoms with Gasteiger partial charge >= 0.3 is 0 Å². The molecule has 1 heterocycles. The molecule has 0 aromatic carbocycles. The van der Waals surface area contributed by atoms with Gasteiger partial charge in [0.15, 0.2) is 5.49 Å². The van der Waals surface area contributed by atoms with Crippen molar-refractivity contribution in [2.75, 3.05) is 0 Å². The molecule has 5 heteroatoms. The van der Waals surface area contributed by atoms with E-state index >= 15 is 0 Å². The Hall–Kier alpha value is -1.52. The summed E-state index contributed by atoms with van der Waals surface area (Å²) in [6.07, 6.45) is 10.4. The lowest BCUT2D eigenvalue weighted by atomic mass is 9.97. The van der Waals surface area contributed by atoms with Gasteiger partial charge in [0.1, 0.15) is 6.10 Å². The number of hydrogen-bond donors (Lipinski definition) is 2. The molecule has 104 valence electrons. The van der Waals surface area contributed by atoms with Crippen LogP contribution in [0, 0.1) is 0 Å². The smallest absolute Gasteiger partial charge is 0.295 e. The van der Waals surface area contributed by atoms with Gasteiger partial charge in [0, 0.05) is 5.56 Å². The van der Waals surface area contributed by atoms with Crippen molar-refractivity contribution >= 4 is 0 Å². The van der Waals surface area contributed by atoms with Gasteiger partial charge in [0.25, 0.3) is 6.01 Å². The van der Waals surface area contributed by atoms with Gasteiger partial charge in [-0.05, 0) is 51.4 Å². The molecule has 2 aliphatic rings. The second kappa shape index (κ2) is 5.63. The number of H-pyrrole nitrogens is 1. The molecular weight excluding hydrogens is 242 g/mol. The standard InChI is InChI=1S/C14H21N3O2/c18-17-13-11-8-4-5-9-12(11)15-14(16-13)19-10-6-2-1-3-7-10/h10,18H,1-9H2,(H,15,16,17). The van der Waals surface area contributed by atoms with Crippen LogP contribution in [-0.4, -0.2) is 21.3 Å². The molecule has 1 fully saturated rings. The number of aromatic nitrogens is 2. The molecule has 2 N–H and O–H groups in total. The number of nitrogens with zero attached hydrogens (tertiary/aromatic N) is 2. The summed E-state index contributed by atoms with van der Waals surface area (Å²) in [6.45, 7) is 0. The Labute approximate surface area is 112 Å². The Morgan fingerprint density at radius 2 is 1.89 bits per heavy atom. The van der Waals surface area contributed by atoms with Gasteiger partial charge in [-0.25, -0.2) is 4.98 Å². The molecule has 2 aliphatic carbocycles. The quantitative estimate of drug-likeness (QED) is 0.635. The normalized spacial score (nSPS) is 21.2. The second-order valence-electron chi connectivity index (χ2n) is 5.50. The summed E-state index contributed by atoms with van der Waals surface area (Å²) in [4.78, 5) is 7.59. The Morgan fingerprint density at radius 3 is 2.68 bits per heavy atom. The molecule has 0 spiro atoms. The van der Waals surface area contributed by atoms with Crippen molar-refractivity contribution in [3.05, 3.63) is 16.7 Å². The van der Waals surface area contributed by atoms with Crippen LogP contribution in [0.1, 0.15) is 56.2 Å². The number of hydrogen-bond acceptors (Lipinski definition) is 4. The van der Waals surface area contributed by atoms with Gasteiger partial charge < -0.3 is 9.94 Å². The van der Waals surface area contributed by atoms with E-state index in [0.717, 1.165) is 49.8 Å². The molecule has 0 amide bonds. The summed E-state index contributed by atoms with van der Waals surface area (Å²) in [6, 6.07) is 0.514. The number of nitrogens with one attached hydrogen (secondary N) is 1. The maximum Gasteiger partial charge on any atom is 0.295 e. The number of aromatic amines is 1. The number of rotatable bonds is 2. The van der Waals surface area contributed by atoms with Crippen LogP contribution in [-0.2, 0) is 12.8 Å². The molecule has 1 aromatic heterocycles. The van der Waals surface area contributed by atoms with Crippen molar-refractivity contribution in [3.63, 3.8) is 0 Å². The molecule has 19 heavy (non-hydrogen) atoms. The van der Waals surface area contributed by atoms with Crippen LogP contribution in [0.2, 0.25) is 0 Å². The number of aryl methyl sites for hydroxylation is 1. The second-order valence-corrected chi connectivity index (χ2v) is 5.50. The van der Waals surface area contributed by atoms with Gasteiger partial charge in [-0.1, -0.05) is 11.6 Å². The molecule has 0 atom stereocenters. The fraction of sp³-hybridized carbons (Fsp3) is 0.714. The van der Waals surface area contributed by atoms with E-state index in [-0.39, 0.29) is 6.10 Å². The SMILES string of the molecule is ON=c1[nH]c(OC2CCCCC2)nc2c1CCCC2. The van der Waals surface area contributed by atoms with Crippen molar-refractivity contribution in [2.24, 2.45) is 5.16 Å². The maximum atomic E-state index is 9.13. The van der Waals surface area contributed by atoms with Crippen LogP contribution in [0.5, 0.6) is 6.01 Å². The highest BCUT2D eigenvalue weighted by molar-refractivity contribution is 5.21. The van der Waals surface area contributed by atoms with E-state index in [0.29, 0.717) is 11.5 Å². The van der Waals surface area contributed by atoms with Gasteiger partial charge in [-0.2, -0.15) is 0 Å². The van der Waals surface area contributed by atoms with Crippen LogP contribution in [0.4, 0.5) is 0 Å². The van der Waals surface area contributed by atoms with Crippen molar-refractivity contribution in [1.82, 2.24) is 9.97 Å². The summed E-state index contributed by atoms with van der Waals surface area (Å²) < 4.78 is 5.93. The predicted molar refractivity (Wildman–Crippen MR) is 70.1 cm³/mol. The first-order valence-electron chi connectivity index (χ1n) is 7.33. The lowest BCUT2D eigenvalue weighted by molar-refractivity contribution is 0.140. The lowest BCUT2D eigenvalue weighted by Gasteiger charge is -2.23. The molecule has 1 saturated carbocycles. The van der Waals surface area contributed by atoms with E-state index in [1.165, 1.54) is 19.3 Å². The molecule has 3 rings (SSSR count). The molecule has 5 nitrogen and oxygen atoms in total. The average molecular weight is 263 g/mol. The molecule has 0 radical (unpaired) electrons. The van der Waals surface area contributed by atoms with Crippen LogP contribution < -0.4 is 10.2 Å². The topological polar surface area (TPSA) is 70.5 Å². The van der Waals surface area contributed by atoms with Crippen molar-refractivity contribution in [3.8, 4) is 6.01 Å². The molecular formula is C14H21N3O2. The van der Waals surface area contributed by atoms with E-state index in [1.54, 1.807) is 0 Å². The van der Waals surface area contributed by atoms with Gasteiger partial charge in [-0.15, -0.1) is 0 Å². The minimum absolute atomic E-state index is 0.255. The van der Waals surface area contributed by atoms with Crippen LogP contribution in [0.15, 0.2) is 5.16 Å². The summed E-state index contributed by atoms with van der Waals surface area (Å²) in [7, 11) is 0. The highest BCUT2D eigenvalue weighted by Crippen LogP contribution is 2.22. The molecule has 1 aromatic rings. The van der Waals surface area contributed by atoms with Crippen molar-refractivity contribution in [2.45, 2.75) is 63.9 Å². The first-order chi connectivity index (χ1) is 9.36. The van der Waals surface area contributed by atoms with Crippen LogP contribution in [0.25, 0.3) is 0 Å². The Morgan fingerprint density at radius 1 is 1.11 bits per heavy atom.